The van der Waals surface area contributed by atoms with E-state index in [2.05, 4.69) is 32.8 Å². The van der Waals surface area contributed by atoms with Gasteiger partial charge in [0.15, 0.2) is 12.9 Å². The van der Waals surface area contributed by atoms with E-state index < -0.39 is 0 Å². The standard InChI is InChI=1S/C26H33BN6O/c1-18-20(31-24(34)30-19-10-5-3-6-11-19)16-21-23(29-18)32-22(17-28-21)33-26-14-8-4-7-12-25(2,27-26)13-9-15-26/h3,5-6,10-11,16-17,27H,4,7-9,12-15H2,1-2H3,(H,29,32,33)(H2,30,31,34). The van der Waals surface area contributed by atoms with Crippen LogP contribution < -0.4 is 16.0 Å². The predicted molar refractivity (Wildman–Crippen MR) is 140 cm³/mol. The summed E-state index contributed by atoms with van der Waals surface area (Å²) in [5.41, 5.74) is 3.41. The van der Waals surface area contributed by atoms with Crippen LogP contribution in [0.25, 0.3) is 11.2 Å². The highest BCUT2D eigenvalue weighted by atomic mass is 16.2. The Morgan fingerprint density at radius 2 is 1.74 bits per heavy atom. The molecule has 2 amide bonds. The molecule has 0 aliphatic carbocycles. The van der Waals surface area contributed by atoms with E-state index in [0.717, 1.165) is 11.5 Å². The first-order valence-electron chi connectivity index (χ1n) is 12.5. The number of carbonyl (C=O) groups excluding carboxylic acids is 1. The van der Waals surface area contributed by atoms with E-state index in [1.54, 1.807) is 0 Å². The molecule has 0 saturated carbocycles. The van der Waals surface area contributed by atoms with E-state index in [4.69, 9.17) is 4.98 Å². The van der Waals surface area contributed by atoms with Crippen LogP contribution in [-0.4, -0.2) is 33.7 Å². The molecule has 0 spiro atoms. The summed E-state index contributed by atoms with van der Waals surface area (Å²) in [6, 6.07) is 10.9. The molecule has 2 fully saturated rings. The molecular weight excluding hydrogens is 423 g/mol. The second-order valence-electron chi connectivity index (χ2n) is 10.5. The maximum absolute atomic E-state index is 12.4. The lowest BCUT2D eigenvalue weighted by atomic mass is 9.35. The lowest BCUT2D eigenvalue weighted by Gasteiger charge is -2.48. The van der Waals surface area contributed by atoms with Gasteiger partial charge >= 0.3 is 6.03 Å². The summed E-state index contributed by atoms with van der Waals surface area (Å²) in [6.07, 6.45) is 12.0. The Kier molecular flexibility index (Phi) is 6.15. The number of fused-ring (bicyclic) bond motifs is 3. The number of nitrogens with zero attached hydrogens (tertiary/aromatic N) is 3. The van der Waals surface area contributed by atoms with Gasteiger partial charge in [-0.3, -0.25) is 0 Å². The zero-order chi connectivity index (χ0) is 23.6. The maximum Gasteiger partial charge on any atom is 0.323 e. The lowest BCUT2D eigenvalue weighted by Crippen LogP contribution is -2.52. The normalized spacial score (nSPS) is 24.4. The first kappa shape index (κ1) is 22.6. The van der Waals surface area contributed by atoms with Gasteiger partial charge in [0.05, 0.1) is 17.6 Å². The largest absolute Gasteiger partial charge is 0.371 e. The van der Waals surface area contributed by atoms with Gasteiger partial charge in [-0.05, 0) is 38.0 Å². The molecule has 176 valence electrons. The molecule has 2 unspecified atom stereocenters. The summed E-state index contributed by atoms with van der Waals surface area (Å²) < 4.78 is 0. The molecule has 2 atom stereocenters. The number of pyridine rings is 1. The average molecular weight is 456 g/mol. The third kappa shape index (κ3) is 5.01. The predicted octanol–water partition coefficient (Wildman–Crippen LogP) is 5.85. The quantitative estimate of drug-likeness (QED) is 0.429. The fraction of sp³-hybridized carbons (Fsp3) is 0.462. The molecule has 2 saturated heterocycles. The van der Waals surface area contributed by atoms with Crippen molar-refractivity contribution in [3.05, 3.63) is 48.3 Å². The van der Waals surface area contributed by atoms with Gasteiger partial charge in [0, 0.05) is 11.1 Å². The molecule has 3 N–H and O–H groups in total. The number of aromatic nitrogens is 3. The molecule has 1 aromatic carbocycles. The van der Waals surface area contributed by atoms with E-state index in [0.29, 0.717) is 27.9 Å². The Hall–Kier alpha value is -3.16. The number of amides is 2. The zero-order valence-corrected chi connectivity index (χ0v) is 20.2. The molecule has 34 heavy (non-hydrogen) atoms. The summed E-state index contributed by atoms with van der Waals surface area (Å²) in [7, 11) is 1.20. The highest BCUT2D eigenvalue weighted by molar-refractivity contribution is 6.45. The highest BCUT2D eigenvalue weighted by Crippen LogP contribution is 2.48. The highest BCUT2D eigenvalue weighted by Gasteiger charge is 2.44. The molecule has 2 aromatic heterocycles. The molecule has 2 aliphatic heterocycles. The Morgan fingerprint density at radius 1 is 0.971 bits per heavy atom. The van der Waals surface area contributed by atoms with Crippen LogP contribution in [0.1, 0.15) is 64.0 Å². The van der Waals surface area contributed by atoms with Crippen molar-refractivity contribution in [2.75, 3.05) is 16.0 Å². The van der Waals surface area contributed by atoms with Crippen LogP contribution in [0, 0.1) is 6.92 Å². The second-order valence-corrected chi connectivity index (χ2v) is 10.5. The van der Waals surface area contributed by atoms with Crippen molar-refractivity contribution in [1.29, 1.82) is 0 Å². The number of hydrogen-bond donors (Lipinski definition) is 3. The second kappa shape index (κ2) is 9.24. The number of benzene rings is 1. The van der Waals surface area contributed by atoms with Gasteiger partial charge in [-0.25, -0.2) is 19.7 Å². The molecule has 5 rings (SSSR count). The van der Waals surface area contributed by atoms with Gasteiger partial charge in [0.1, 0.15) is 11.3 Å². The summed E-state index contributed by atoms with van der Waals surface area (Å²) in [5, 5.41) is 9.94. The van der Waals surface area contributed by atoms with Crippen molar-refractivity contribution in [2.24, 2.45) is 0 Å². The third-order valence-electron chi connectivity index (χ3n) is 7.54. The number of hydrogen-bond acceptors (Lipinski definition) is 5. The number of rotatable bonds is 4. The number of carbonyl (C=O) groups is 1. The molecule has 2 bridgehead atoms. The number of anilines is 3. The molecule has 4 heterocycles. The first-order chi connectivity index (χ1) is 16.4. The Morgan fingerprint density at radius 3 is 2.59 bits per heavy atom. The van der Waals surface area contributed by atoms with Crippen LogP contribution in [0.4, 0.5) is 22.0 Å². The molecule has 3 aromatic rings. The minimum Gasteiger partial charge on any atom is -0.371 e. The minimum absolute atomic E-state index is 0.0991. The third-order valence-corrected chi connectivity index (χ3v) is 7.54. The number of urea groups is 1. The number of para-hydroxylation sites is 1. The molecule has 7 nitrogen and oxygen atoms in total. The fourth-order valence-electron chi connectivity index (χ4n) is 5.93. The summed E-state index contributed by atoms with van der Waals surface area (Å²) in [6.45, 7) is 4.34. The van der Waals surface area contributed by atoms with Crippen LogP contribution in [-0.2, 0) is 0 Å². The van der Waals surface area contributed by atoms with E-state index >= 15 is 0 Å². The van der Waals surface area contributed by atoms with Crippen molar-refractivity contribution in [1.82, 2.24) is 15.0 Å². The number of aryl methyl sites for hydroxylation is 1. The van der Waals surface area contributed by atoms with Crippen LogP contribution >= 0.6 is 0 Å². The molecule has 0 radical (unpaired) electrons. The van der Waals surface area contributed by atoms with E-state index in [-0.39, 0.29) is 11.5 Å². The van der Waals surface area contributed by atoms with Gasteiger partial charge in [-0.1, -0.05) is 69.0 Å². The van der Waals surface area contributed by atoms with Crippen LogP contribution in [0.2, 0.25) is 5.31 Å². The fourth-order valence-corrected chi connectivity index (χ4v) is 5.93. The van der Waals surface area contributed by atoms with Gasteiger partial charge in [-0.2, -0.15) is 0 Å². The minimum atomic E-state index is -0.314. The first-order valence-corrected chi connectivity index (χ1v) is 12.5. The van der Waals surface area contributed by atoms with Gasteiger partial charge in [0.2, 0.25) is 0 Å². The van der Waals surface area contributed by atoms with Crippen LogP contribution in [0.3, 0.4) is 0 Å². The molecule has 2 aliphatic rings. The van der Waals surface area contributed by atoms with Gasteiger partial charge < -0.3 is 16.0 Å². The van der Waals surface area contributed by atoms with Crippen molar-refractivity contribution < 1.29 is 4.79 Å². The van der Waals surface area contributed by atoms with Crippen LogP contribution in [0.5, 0.6) is 0 Å². The molecule has 8 heteroatoms. The van der Waals surface area contributed by atoms with Gasteiger partial charge in [-0.15, -0.1) is 0 Å². The Bertz CT molecular complexity index is 1190. The van der Waals surface area contributed by atoms with Crippen molar-refractivity contribution in [3.63, 3.8) is 0 Å². The average Bonchev–Trinajstić information content (AvgIpc) is 2.79. The van der Waals surface area contributed by atoms with Gasteiger partial charge in [0.25, 0.3) is 0 Å². The lowest BCUT2D eigenvalue weighted by molar-refractivity contribution is 0.262. The van der Waals surface area contributed by atoms with Crippen molar-refractivity contribution in [2.45, 2.75) is 76.0 Å². The maximum atomic E-state index is 12.4. The Balaban J connectivity index is 1.34. The SMILES string of the molecule is Cc1nc2nc(NC34BC(C)(CCCCC3)CCC4)cnc2cc1NC(=O)Nc1ccccc1. The van der Waals surface area contributed by atoms with Crippen molar-refractivity contribution >= 4 is 41.7 Å². The number of nitrogens with one attached hydrogen (secondary N) is 3. The summed E-state index contributed by atoms with van der Waals surface area (Å²) >= 11 is 0. The monoisotopic (exact) mass is 456 g/mol. The Labute approximate surface area is 201 Å². The zero-order valence-electron chi connectivity index (χ0n) is 20.2. The summed E-state index contributed by atoms with van der Waals surface area (Å²) in [5.74, 6) is 0.798. The van der Waals surface area contributed by atoms with E-state index in [9.17, 15) is 4.79 Å². The van der Waals surface area contributed by atoms with Crippen LogP contribution in [0.15, 0.2) is 42.6 Å². The molecular formula is C26H33BN6O. The van der Waals surface area contributed by atoms with Crippen molar-refractivity contribution in [3.8, 4) is 0 Å². The van der Waals surface area contributed by atoms with E-state index in [1.807, 2.05) is 49.5 Å². The van der Waals surface area contributed by atoms with E-state index in [1.165, 1.54) is 58.6 Å². The smallest absolute Gasteiger partial charge is 0.323 e. The topological polar surface area (TPSA) is 91.8 Å². The summed E-state index contributed by atoms with van der Waals surface area (Å²) in [4.78, 5) is 26.6.